The van der Waals surface area contributed by atoms with Gasteiger partial charge in [0.15, 0.2) is 0 Å². The molecule has 0 saturated carbocycles. The number of aliphatic hydroxyl groups is 4. The van der Waals surface area contributed by atoms with Crippen molar-refractivity contribution >= 4 is 27.2 Å². The molecule has 1 saturated heterocycles. The summed E-state index contributed by atoms with van der Waals surface area (Å²) < 4.78 is 39.9. The number of benzene rings is 1. The Kier molecular flexibility index (Phi) is 9.30. The zero-order valence-corrected chi connectivity index (χ0v) is 17.1. The molecule has 2 rings (SSSR count). The number of aliphatic hydroxyl groups excluding tert-OH is 4. The fraction of sp³-hybridized carbons (Fsp3) is 0.588. The van der Waals surface area contributed by atoms with E-state index in [-0.39, 0.29) is 11.5 Å². The SMILES string of the molecule is O=S(=O)(O)O/N=C(\CCCCc1ccccc1)SC1OC(CO)C(O)C(O)C1O. The van der Waals surface area contributed by atoms with E-state index in [2.05, 4.69) is 9.44 Å². The number of oxime groups is 1. The lowest BCUT2D eigenvalue weighted by molar-refractivity contribution is -0.205. The van der Waals surface area contributed by atoms with Gasteiger partial charge in [0.1, 0.15) is 34.9 Å². The van der Waals surface area contributed by atoms with Crippen LogP contribution >= 0.6 is 11.8 Å². The van der Waals surface area contributed by atoms with E-state index < -0.39 is 46.9 Å². The maximum Gasteiger partial charge on any atom is 0.466 e. The number of unbranched alkanes of at least 4 members (excludes halogenated alkanes) is 1. The Morgan fingerprint density at radius 2 is 1.79 bits per heavy atom. The highest BCUT2D eigenvalue weighted by Crippen LogP contribution is 2.30. The van der Waals surface area contributed by atoms with Gasteiger partial charge in [-0.15, -0.1) is 0 Å². The molecule has 5 N–H and O–H groups in total. The van der Waals surface area contributed by atoms with E-state index in [9.17, 15) is 28.8 Å². The largest absolute Gasteiger partial charge is 0.466 e. The molecule has 0 radical (unpaired) electrons. The molecule has 0 spiro atoms. The molecule has 1 aliphatic heterocycles. The van der Waals surface area contributed by atoms with Gasteiger partial charge in [-0.05, 0) is 31.2 Å². The monoisotopic (exact) mass is 451 g/mol. The van der Waals surface area contributed by atoms with E-state index in [1.807, 2.05) is 30.3 Å². The van der Waals surface area contributed by atoms with Gasteiger partial charge >= 0.3 is 10.4 Å². The summed E-state index contributed by atoms with van der Waals surface area (Å²) in [6.07, 6.45) is -3.31. The first-order chi connectivity index (χ1) is 13.7. The van der Waals surface area contributed by atoms with Gasteiger partial charge in [-0.1, -0.05) is 47.2 Å². The van der Waals surface area contributed by atoms with Gasteiger partial charge in [0.25, 0.3) is 0 Å². The molecular weight excluding hydrogens is 426 g/mol. The minimum atomic E-state index is -4.82. The van der Waals surface area contributed by atoms with Crippen molar-refractivity contribution in [2.45, 2.75) is 55.5 Å². The number of aryl methyl sites for hydroxylation is 1. The van der Waals surface area contributed by atoms with Crippen molar-refractivity contribution in [1.29, 1.82) is 0 Å². The van der Waals surface area contributed by atoms with Crippen LogP contribution < -0.4 is 0 Å². The summed E-state index contributed by atoms with van der Waals surface area (Å²) in [7, 11) is -4.82. The van der Waals surface area contributed by atoms with Crippen LogP contribution in [0.1, 0.15) is 24.8 Å². The molecule has 10 nitrogen and oxygen atoms in total. The average molecular weight is 452 g/mol. The smallest absolute Gasteiger partial charge is 0.394 e. The summed E-state index contributed by atoms with van der Waals surface area (Å²) in [6, 6.07) is 9.74. The van der Waals surface area contributed by atoms with Gasteiger partial charge in [0.2, 0.25) is 0 Å². The number of hydrogen-bond acceptors (Lipinski definition) is 10. The van der Waals surface area contributed by atoms with Crippen molar-refractivity contribution in [2.24, 2.45) is 5.16 Å². The minimum absolute atomic E-state index is 0.0972. The van der Waals surface area contributed by atoms with E-state index in [4.69, 9.17) is 9.29 Å². The van der Waals surface area contributed by atoms with Gasteiger partial charge in [0, 0.05) is 0 Å². The first kappa shape index (κ1) is 24.0. The van der Waals surface area contributed by atoms with Gasteiger partial charge in [-0.25, -0.2) is 4.28 Å². The number of rotatable bonds is 9. The maximum absolute atomic E-state index is 10.8. The molecular formula is C17H25NO9S2. The minimum Gasteiger partial charge on any atom is -0.394 e. The zero-order valence-electron chi connectivity index (χ0n) is 15.4. The van der Waals surface area contributed by atoms with Crippen molar-refractivity contribution in [3.05, 3.63) is 35.9 Å². The van der Waals surface area contributed by atoms with Crippen LogP contribution in [0.25, 0.3) is 0 Å². The zero-order chi connectivity index (χ0) is 21.4. The topological polar surface area (TPSA) is 166 Å². The highest BCUT2D eigenvalue weighted by Gasteiger charge is 2.44. The normalized spacial score (nSPS) is 28.3. The number of ether oxygens (including phenoxy) is 1. The maximum atomic E-state index is 10.8. The third kappa shape index (κ3) is 7.83. The van der Waals surface area contributed by atoms with E-state index in [0.29, 0.717) is 6.42 Å². The van der Waals surface area contributed by atoms with Gasteiger partial charge in [-0.2, -0.15) is 8.42 Å². The van der Waals surface area contributed by atoms with Crippen LogP contribution in [0, 0.1) is 0 Å². The third-order valence-electron chi connectivity index (χ3n) is 4.28. The van der Waals surface area contributed by atoms with Crippen molar-refractivity contribution in [1.82, 2.24) is 0 Å². The van der Waals surface area contributed by atoms with Crippen molar-refractivity contribution in [3.63, 3.8) is 0 Å². The van der Waals surface area contributed by atoms with Crippen LogP contribution in [0.3, 0.4) is 0 Å². The van der Waals surface area contributed by atoms with Crippen LogP contribution in [0.2, 0.25) is 0 Å². The summed E-state index contributed by atoms with van der Waals surface area (Å²) in [5.74, 6) is 0. The van der Waals surface area contributed by atoms with Crippen molar-refractivity contribution < 1.29 is 42.4 Å². The average Bonchev–Trinajstić information content (AvgIpc) is 2.69. The fourth-order valence-electron chi connectivity index (χ4n) is 2.76. The molecule has 1 aromatic carbocycles. The fourth-order valence-corrected chi connectivity index (χ4v) is 4.10. The van der Waals surface area contributed by atoms with Crippen LogP contribution in [0.4, 0.5) is 0 Å². The molecule has 1 aliphatic rings. The summed E-state index contributed by atoms with van der Waals surface area (Å²) >= 11 is 0.781. The highest BCUT2D eigenvalue weighted by atomic mass is 32.3. The summed E-state index contributed by atoms with van der Waals surface area (Å²) in [5, 5.41) is 42.6. The first-order valence-corrected chi connectivity index (χ1v) is 11.2. The van der Waals surface area contributed by atoms with E-state index in [0.717, 1.165) is 30.2 Å². The Balaban J connectivity index is 1.99. The molecule has 1 heterocycles. The first-order valence-electron chi connectivity index (χ1n) is 8.95. The predicted molar refractivity (Wildman–Crippen MR) is 105 cm³/mol. The Labute approximate surface area is 173 Å². The lowest BCUT2D eigenvalue weighted by atomic mass is 10.0. The van der Waals surface area contributed by atoms with Crippen LogP contribution in [-0.4, -0.2) is 74.9 Å². The highest BCUT2D eigenvalue weighted by molar-refractivity contribution is 8.14. The van der Waals surface area contributed by atoms with Crippen LogP contribution in [-0.2, 0) is 25.8 Å². The Hall–Kier alpha value is -1.25. The lowest BCUT2D eigenvalue weighted by Gasteiger charge is -2.39. The summed E-state index contributed by atoms with van der Waals surface area (Å²) in [5.41, 5.74) is 0.00480. The standard InChI is InChI=1S/C17H25NO9S2/c19-10-12-14(20)15(21)16(22)17(26-12)28-13(18-27-29(23,24)25)9-5-4-8-11-6-2-1-3-7-11/h1-3,6-7,12,14-17,19-22H,4-5,8-10H2,(H,23,24,25)/b18-13+. The Morgan fingerprint density at radius 1 is 1.10 bits per heavy atom. The molecule has 29 heavy (non-hydrogen) atoms. The van der Waals surface area contributed by atoms with E-state index in [1.165, 1.54) is 0 Å². The van der Waals surface area contributed by atoms with E-state index >= 15 is 0 Å². The Bertz CT molecular complexity index is 757. The van der Waals surface area contributed by atoms with Gasteiger partial charge in [0.05, 0.1) is 6.61 Å². The second-order valence-electron chi connectivity index (χ2n) is 6.50. The Morgan fingerprint density at radius 3 is 2.41 bits per heavy atom. The number of hydrogen-bond donors (Lipinski definition) is 5. The molecule has 12 heteroatoms. The van der Waals surface area contributed by atoms with Crippen molar-refractivity contribution in [2.75, 3.05) is 6.61 Å². The molecule has 5 atom stereocenters. The molecule has 5 unspecified atom stereocenters. The molecule has 1 aromatic rings. The molecule has 0 aliphatic carbocycles. The number of nitrogens with zero attached hydrogens (tertiary/aromatic N) is 1. The van der Waals surface area contributed by atoms with Gasteiger partial charge < -0.3 is 25.2 Å². The second kappa shape index (κ2) is 11.2. The molecule has 0 bridgehead atoms. The van der Waals surface area contributed by atoms with E-state index in [1.54, 1.807) is 0 Å². The summed E-state index contributed by atoms with van der Waals surface area (Å²) in [4.78, 5) is 0. The third-order valence-corrected chi connectivity index (χ3v) is 5.72. The second-order valence-corrected chi connectivity index (χ2v) is 8.67. The van der Waals surface area contributed by atoms with Crippen LogP contribution in [0.15, 0.2) is 35.5 Å². The van der Waals surface area contributed by atoms with Crippen molar-refractivity contribution in [3.8, 4) is 0 Å². The molecule has 0 amide bonds. The quantitative estimate of drug-likeness (QED) is 0.114. The predicted octanol–water partition coefficient (Wildman–Crippen LogP) is 0.0654. The summed E-state index contributed by atoms with van der Waals surface area (Å²) in [6.45, 7) is -0.590. The molecule has 1 fully saturated rings. The van der Waals surface area contributed by atoms with Gasteiger partial charge in [-0.3, -0.25) is 4.55 Å². The number of thioether (sulfide) groups is 1. The molecule has 0 aromatic heterocycles. The molecule has 164 valence electrons. The lowest BCUT2D eigenvalue weighted by Crippen LogP contribution is -2.57. The van der Waals surface area contributed by atoms with Crippen LogP contribution in [0.5, 0.6) is 0 Å².